The fraction of sp³-hybridized carbons (Fsp3) is 0.350. The highest BCUT2D eigenvalue weighted by Gasteiger charge is 2.37. The maximum absolute atomic E-state index is 13.5. The molecule has 8 nitrogen and oxygen atoms in total. The third-order valence-corrected chi connectivity index (χ3v) is 7.93. The summed E-state index contributed by atoms with van der Waals surface area (Å²) in [5, 5.41) is 16.2. The number of nitro groups is 1. The average Bonchev–Trinajstić information content (AvgIpc) is 2.69. The number of nitrogens with one attached hydrogen (secondary N) is 1. The Kier molecular flexibility index (Phi) is 7.20. The predicted octanol–water partition coefficient (Wildman–Crippen LogP) is 5.30. The molecule has 11 heteroatoms. The maximum atomic E-state index is 13.5. The molecule has 1 aliphatic heterocycles. The van der Waals surface area contributed by atoms with Crippen molar-refractivity contribution in [1.82, 2.24) is 4.31 Å². The lowest BCUT2D eigenvalue weighted by molar-refractivity contribution is -0.385. The second kappa shape index (κ2) is 9.52. The summed E-state index contributed by atoms with van der Waals surface area (Å²) in [4.78, 5) is 10.5. The molecule has 1 aliphatic rings. The van der Waals surface area contributed by atoms with Gasteiger partial charge in [-0.25, -0.2) is 8.42 Å². The Morgan fingerprint density at radius 3 is 2.45 bits per heavy atom. The number of benzene rings is 2. The monoisotopic (exact) mass is 484 g/mol. The van der Waals surface area contributed by atoms with E-state index in [-0.39, 0.29) is 28.4 Å². The minimum atomic E-state index is -4.01. The van der Waals surface area contributed by atoms with Crippen molar-refractivity contribution in [3.8, 4) is 0 Å². The van der Waals surface area contributed by atoms with Crippen LogP contribution in [0.15, 0.2) is 46.4 Å². The van der Waals surface area contributed by atoms with Crippen LogP contribution in [0.2, 0.25) is 10.0 Å². The number of hydrazone groups is 1. The van der Waals surface area contributed by atoms with Crippen molar-refractivity contribution in [3.63, 3.8) is 0 Å². The fourth-order valence-corrected chi connectivity index (χ4v) is 6.20. The molecule has 1 saturated heterocycles. The lowest BCUT2D eigenvalue weighted by Gasteiger charge is -2.37. The largest absolute Gasteiger partial charge is 0.277 e. The van der Waals surface area contributed by atoms with Crippen molar-refractivity contribution >= 4 is 50.8 Å². The van der Waals surface area contributed by atoms with E-state index in [1.807, 2.05) is 13.8 Å². The molecule has 31 heavy (non-hydrogen) atoms. The first-order valence-electron chi connectivity index (χ1n) is 9.67. The van der Waals surface area contributed by atoms with Crippen LogP contribution >= 0.6 is 23.2 Å². The number of rotatable bonds is 6. The van der Waals surface area contributed by atoms with Gasteiger partial charge in [-0.2, -0.15) is 9.41 Å². The molecule has 0 bridgehead atoms. The second-order valence-corrected chi connectivity index (χ2v) is 10.1. The molecule has 2 atom stereocenters. The fourth-order valence-electron chi connectivity index (χ4n) is 3.69. The molecule has 166 valence electrons. The summed E-state index contributed by atoms with van der Waals surface area (Å²) >= 11 is 12.0. The molecule has 0 aromatic heterocycles. The van der Waals surface area contributed by atoms with Crippen LogP contribution in [0.25, 0.3) is 0 Å². The Hall–Kier alpha value is -2.20. The molecule has 1 N–H and O–H groups in total. The molecule has 0 spiro atoms. The quantitative estimate of drug-likeness (QED) is 0.340. The van der Waals surface area contributed by atoms with Crippen molar-refractivity contribution in [1.29, 1.82) is 0 Å². The summed E-state index contributed by atoms with van der Waals surface area (Å²) in [6.07, 6.45) is 3.81. The van der Waals surface area contributed by atoms with E-state index in [2.05, 4.69) is 10.5 Å². The second-order valence-electron chi connectivity index (χ2n) is 7.44. The Morgan fingerprint density at radius 1 is 1.16 bits per heavy atom. The topological polar surface area (TPSA) is 105 Å². The van der Waals surface area contributed by atoms with Crippen LogP contribution in [0.5, 0.6) is 0 Å². The van der Waals surface area contributed by atoms with Crippen molar-refractivity contribution < 1.29 is 13.3 Å². The third kappa shape index (κ3) is 5.17. The molecule has 2 aromatic carbocycles. The number of nitrogens with zero attached hydrogens (tertiary/aromatic N) is 3. The van der Waals surface area contributed by atoms with Gasteiger partial charge in [-0.1, -0.05) is 35.7 Å². The summed E-state index contributed by atoms with van der Waals surface area (Å²) in [5.74, 6) is 0. The number of non-ortho nitro benzene ring substituents is 1. The predicted molar refractivity (Wildman–Crippen MR) is 123 cm³/mol. The first kappa shape index (κ1) is 23.5. The van der Waals surface area contributed by atoms with E-state index in [9.17, 15) is 18.5 Å². The number of hydrogen-bond acceptors (Lipinski definition) is 6. The Labute approximate surface area is 191 Å². The van der Waals surface area contributed by atoms with Gasteiger partial charge in [-0.3, -0.25) is 15.5 Å². The molecular weight excluding hydrogens is 463 g/mol. The van der Waals surface area contributed by atoms with Crippen molar-refractivity contribution in [2.75, 3.05) is 5.43 Å². The van der Waals surface area contributed by atoms with Gasteiger partial charge in [-0.15, -0.1) is 0 Å². The number of piperidine rings is 1. The highest BCUT2D eigenvalue weighted by molar-refractivity contribution is 7.89. The van der Waals surface area contributed by atoms with Crippen LogP contribution in [0.3, 0.4) is 0 Å². The van der Waals surface area contributed by atoms with E-state index < -0.39 is 14.9 Å². The molecule has 1 heterocycles. The first-order chi connectivity index (χ1) is 14.6. The van der Waals surface area contributed by atoms with Gasteiger partial charge in [0.2, 0.25) is 10.0 Å². The molecule has 1 fully saturated rings. The lowest BCUT2D eigenvalue weighted by atomic mass is 10.0. The highest BCUT2D eigenvalue weighted by atomic mass is 35.5. The van der Waals surface area contributed by atoms with E-state index >= 15 is 0 Å². The maximum Gasteiger partial charge on any atom is 0.270 e. The molecule has 3 rings (SSSR count). The van der Waals surface area contributed by atoms with Crippen LogP contribution < -0.4 is 5.43 Å². The number of sulfonamides is 1. The Bertz CT molecular complexity index is 1110. The van der Waals surface area contributed by atoms with Gasteiger partial charge >= 0.3 is 0 Å². The minimum Gasteiger partial charge on any atom is -0.277 e. The van der Waals surface area contributed by atoms with Crippen LogP contribution in [-0.2, 0) is 10.0 Å². The Morgan fingerprint density at radius 2 is 1.84 bits per heavy atom. The van der Waals surface area contributed by atoms with Gasteiger partial charge in [0.1, 0.15) is 4.90 Å². The van der Waals surface area contributed by atoms with Crippen molar-refractivity contribution in [2.45, 2.75) is 50.1 Å². The van der Waals surface area contributed by atoms with E-state index in [1.165, 1.54) is 22.7 Å². The van der Waals surface area contributed by atoms with Crippen LogP contribution in [0, 0.1) is 10.1 Å². The van der Waals surface area contributed by atoms with E-state index in [4.69, 9.17) is 23.2 Å². The standard InChI is InChI=1S/C20H22Cl2N4O4S/c1-13-4-3-5-14(2)25(13)31(29,30)20-11-17(26(27)28)8-9-19(20)24-23-12-15-6-7-16(21)10-18(15)22/h6-14,24H,3-5H2,1-2H3/b23-12-/t13-,14+. The smallest absolute Gasteiger partial charge is 0.270 e. The molecule has 0 saturated carbocycles. The van der Waals surface area contributed by atoms with Crippen LogP contribution in [0.1, 0.15) is 38.7 Å². The first-order valence-corrected chi connectivity index (χ1v) is 11.9. The lowest BCUT2D eigenvalue weighted by Crippen LogP contribution is -2.47. The number of anilines is 1. The summed E-state index contributed by atoms with van der Waals surface area (Å²) in [6, 6.07) is 8.09. The third-order valence-electron chi connectivity index (χ3n) is 5.20. The zero-order valence-electron chi connectivity index (χ0n) is 17.0. The van der Waals surface area contributed by atoms with Gasteiger partial charge in [0, 0.05) is 34.8 Å². The van der Waals surface area contributed by atoms with Gasteiger partial charge < -0.3 is 0 Å². The minimum absolute atomic E-state index is 0.136. The highest BCUT2D eigenvalue weighted by Crippen LogP contribution is 2.34. The Balaban J connectivity index is 1.99. The molecular formula is C20H22Cl2N4O4S. The molecule has 0 amide bonds. The zero-order valence-corrected chi connectivity index (χ0v) is 19.3. The molecule has 0 radical (unpaired) electrons. The number of nitro benzene ring substituents is 1. The molecule has 2 aromatic rings. The van der Waals surface area contributed by atoms with E-state index in [1.54, 1.807) is 18.2 Å². The van der Waals surface area contributed by atoms with Crippen molar-refractivity contribution in [2.24, 2.45) is 5.10 Å². The summed E-state index contributed by atoms with van der Waals surface area (Å²) < 4.78 is 28.4. The summed E-state index contributed by atoms with van der Waals surface area (Å²) in [6.45, 7) is 3.69. The zero-order chi connectivity index (χ0) is 22.8. The van der Waals surface area contributed by atoms with Crippen LogP contribution in [0.4, 0.5) is 11.4 Å². The van der Waals surface area contributed by atoms with Gasteiger partial charge in [0.15, 0.2) is 0 Å². The van der Waals surface area contributed by atoms with Gasteiger partial charge in [0.25, 0.3) is 5.69 Å². The summed E-state index contributed by atoms with van der Waals surface area (Å²) in [7, 11) is -4.01. The van der Waals surface area contributed by atoms with Crippen LogP contribution in [-0.4, -0.2) is 35.9 Å². The summed E-state index contributed by atoms with van der Waals surface area (Å²) in [5.41, 5.74) is 3.09. The normalized spacial score (nSPS) is 20.1. The van der Waals surface area contributed by atoms with Crippen molar-refractivity contribution in [3.05, 3.63) is 62.1 Å². The number of halogens is 2. The SMILES string of the molecule is C[C@@H]1CCC[C@H](C)N1S(=O)(=O)c1cc([N+](=O)[O-])ccc1N/N=C\c1ccc(Cl)cc1Cl. The molecule has 0 aliphatic carbocycles. The van der Waals surface area contributed by atoms with Gasteiger partial charge in [0.05, 0.1) is 21.8 Å². The average molecular weight is 485 g/mol. The van der Waals surface area contributed by atoms with E-state index in [0.717, 1.165) is 25.3 Å². The molecule has 0 unspecified atom stereocenters. The van der Waals surface area contributed by atoms with Gasteiger partial charge in [-0.05, 0) is 44.9 Å². The number of hydrogen-bond donors (Lipinski definition) is 1. The van der Waals surface area contributed by atoms with E-state index in [0.29, 0.717) is 15.6 Å².